The Labute approximate surface area is 194 Å². The summed E-state index contributed by atoms with van der Waals surface area (Å²) in [5.41, 5.74) is 1.08. The predicted octanol–water partition coefficient (Wildman–Crippen LogP) is 5.43. The van der Waals surface area contributed by atoms with Gasteiger partial charge in [-0.15, -0.1) is 0 Å². The van der Waals surface area contributed by atoms with E-state index < -0.39 is 18.8 Å². The van der Waals surface area contributed by atoms with E-state index in [1.807, 2.05) is 0 Å². The molecule has 2 N–H and O–H groups in total. The number of nitrogens with one attached hydrogen (secondary N) is 2. The van der Waals surface area contributed by atoms with Crippen molar-refractivity contribution in [1.82, 2.24) is 15.0 Å². The number of benzene rings is 2. The summed E-state index contributed by atoms with van der Waals surface area (Å²) in [7, 11) is 0. The molecule has 0 aliphatic heterocycles. The lowest BCUT2D eigenvalue weighted by molar-refractivity contribution is -0.154. The largest absolute Gasteiger partial charge is 0.489 e. The number of hydrogen-bond donors (Lipinski definition) is 2. The van der Waals surface area contributed by atoms with Gasteiger partial charge in [-0.05, 0) is 24.3 Å². The quantitative estimate of drug-likeness (QED) is 0.337. The third-order valence-electron chi connectivity index (χ3n) is 3.90. The second kappa shape index (κ2) is 11.5. The Bertz CT molecular complexity index is 1050. The van der Waals surface area contributed by atoms with Gasteiger partial charge in [-0.2, -0.15) is 28.1 Å². The van der Waals surface area contributed by atoms with Crippen LogP contribution in [0.15, 0.2) is 73.8 Å². The Kier molecular flexibility index (Phi) is 8.27. The molecule has 0 aliphatic rings. The van der Waals surface area contributed by atoms with Crippen LogP contribution in [0.4, 0.5) is 36.4 Å². The highest BCUT2D eigenvalue weighted by atomic mass is 19.4. The van der Waals surface area contributed by atoms with Gasteiger partial charge in [-0.1, -0.05) is 37.4 Å². The molecule has 178 valence electrons. The van der Waals surface area contributed by atoms with Gasteiger partial charge in [0.2, 0.25) is 11.9 Å². The van der Waals surface area contributed by atoms with E-state index in [9.17, 15) is 13.2 Å². The molecule has 0 aliphatic carbocycles. The average molecular weight is 473 g/mol. The van der Waals surface area contributed by atoms with E-state index in [-0.39, 0.29) is 11.9 Å². The topological polar surface area (TPSA) is 90.4 Å². The fraction of sp³-hybridized carbons (Fsp3) is 0.174. The molecule has 0 spiro atoms. The monoisotopic (exact) mass is 473 g/mol. The van der Waals surface area contributed by atoms with Crippen LogP contribution in [0, 0.1) is 0 Å². The second-order valence-corrected chi connectivity index (χ2v) is 6.67. The van der Waals surface area contributed by atoms with Crippen molar-refractivity contribution in [3.63, 3.8) is 0 Å². The lowest BCUT2D eigenvalue weighted by atomic mass is 10.3. The van der Waals surface area contributed by atoms with Crippen molar-refractivity contribution >= 4 is 23.3 Å². The molecular formula is C23H22F3N5O3. The van der Waals surface area contributed by atoms with E-state index >= 15 is 0 Å². The molecule has 0 atom stereocenters. The van der Waals surface area contributed by atoms with Gasteiger partial charge >= 0.3 is 12.2 Å². The lowest BCUT2D eigenvalue weighted by Gasteiger charge is -2.13. The van der Waals surface area contributed by atoms with Crippen molar-refractivity contribution in [3.8, 4) is 17.5 Å². The van der Waals surface area contributed by atoms with E-state index in [0.29, 0.717) is 36.1 Å². The Hall–Kier alpha value is -4.28. The molecule has 1 aromatic heterocycles. The van der Waals surface area contributed by atoms with Crippen LogP contribution in [0.1, 0.15) is 0 Å². The van der Waals surface area contributed by atoms with E-state index in [4.69, 9.17) is 14.2 Å². The van der Waals surface area contributed by atoms with E-state index in [1.54, 1.807) is 60.7 Å². The van der Waals surface area contributed by atoms with Gasteiger partial charge in [0, 0.05) is 23.5 Å². The van der Waals surface area contributed by atoms with Crippen LogP contribution in [-0.4, -0.2) is 40.9 Å². The second-order valence-electron chi connectivity index (χ2n) is 6.67. The van der Waals surface area contributed by atoms with E-state index in [1.165, 1.54) is 0 Å². The number of rotatable bonds is 12. The van der Waals surface area contributed by atoms with Gasteiger partial charge in [-0.25, -0.2) is 0 Å². The lowest BCUT2D eigenvalue weighted by Crippen LogP contribution is -2.20. The van der Waals surface area contributed by atoms with Crippen molar-refractivity contribution < 1.29 is 27.4 Å². The molecule has 3 rings (SSSR count). The summed E-state index contributed by atoms with van der Waals surface area (Å²) in [6.07, 6.45) is -1.35. The molecule has 34 heavy (non-hydrogen) atoms. The zero-order valence-corrected chi connectivity index (χ0v) is 18.0. The highest BCUT2D eigenvalue weighted by Crippen LogP contribution is 2.25. The van der Waals surface area contributed by atoms with Gasteiger partial charge in [0.15, 0.2) is 6.61 Å². The molecular weight excluding hydrogens is 451 g/mol. The van der Waals surface area contributed by atoms with Crippen LogP contribution < -0.4 is 24.8 Å². The number of nitrogens with zero attached hydrogens (tertiary/aromatic N) is 3. The van der Waals surface area contributed by atoms with Crippen molar-refractivity contribution in [1.29, 1.82) is 0 Å². The molecule has 0 amide bonds. The van der Waals surface area contributed by atoms with Crippen LogP contribution in [0.2, 0.25) is 0 Å². The minimum Gasteiger partial charge on any atom is -0.489 e. The number of halogens is 3. The van der Waals surface area contributed by atoms with E-state index in [2.05, 4.69) is 38.7 Å². The fourth-order valence-corrected chi connectivity index (χ4v) is 2.58. The Morgan fingerprint density at radius 3 is 1.71 bits per heavy atom. The van der Waals surface area contributed by atoms with Crippen LogP contribution >= 0.6 is 0 Å². The highest BCUT2D eigenvalue weighted by molar-refractivity contribution is 5.60. The third kappa shape index (κ3) is 8.01. The SMILES string of the molecule is C=CCOc1cccc(Nc2nc(Nc3cccc(OCC=C)c3)nc(OCC(F)(F)F)n2)c1. The Morgan fingerprint density at radius 2 is 1.26 bits per heavy atom. The number of aromatic nitrogens is 3. The zero-order chi connectivity index (χ0) is 24.4. The molecule has 2 aromatic carbocycles. The Balaban J connectivity index is 1.85. The summed E-state index contributed by atoms with van der Waals surface area (Å²) in [5, 5.41) is 5.84. The van der Waals surface area contributed by atoms with Crippen molar-refractivity contribution in [3.05, 3.63) is 73.8 Å². The molecule has 0 bridgehead atoms. The zero-order valence-electron chi connectivity index (χ0n) is 18.0. The standard InChI is InChI=1S/C23H22F3N5O3/c1-3-11-32-18-9-5-7-16(13-18)27-20-29-21(31-22(30-20)34-15-23(24,25)26)28-17-8-6-10-19(14-17)33-12-4-2/h3-10,13-14H,1-2,11-12,15H2,(H2,27,28,29,30,31). The Morgan fingerprint density at radius 1 is 0.765 bits per heavy atom. The number of hydrogen-bond acceptors (Lipinski definition) is 8. The summed E-state index contributed by atoms with van der Waals surface area (Å²) >= 11 is 0. The molecule has 0 unspecified atom stereocenters. The summed E-state index contributed by atoms with van der Waals surface area (Å²) in [6.45, 7) is 6.26. The molecule has 0 fully saturated rings. The van der Waals surface area contributed by atoms with Crippen LogP contribution in [0.25, 0.3) is 0 Å². The average Bonchev–Trinajstić information content (AvgIpc) is 2.80. The number of ether oxygens (including phenoxy) is 3. The summed E-state index contributed by atoms with van der Waals surface area (Å²) in [4.78, 5) is 12.1. The van der Waals surface area contributed by atoms with Crippen molar-refractivity contribution in [2.24, 2.45) is 0 Å². The highest BCUT2D eigenvalue weighted by Gasteiger charge is 2.29. The van der Waals surface area contributed by atoms with Crippen LogP contribution in [0.3, 0.4) is 0 Å². The van der Waals surface area contributed by atoms with Gasteiger partial charge < -0.3 is 24.8 Å². The van der Waals surface area contributed by atoms with Gasteiger partial charge in [0.05, 0.1) is 0 Å². The van der Waals surface area contributed by atoms with Gasteiger partial charge in [0.25, 0.3) is 0 Å². The molecule has 0 saturated carbocycles. The maximum Gasteiger partial charge on any atom is 0.422 e. The third-order valence-corrected chi connectivity index (χ3v) is 3.90. The van der Waals surface area contributed by atoms with Crippen LogP contribution in [-0.2, 0) is 0 Å². The smallest absolute Gasteiger partial charge is 0.422 e. The number of alkyl halides is 3. The molecule has 1 heterocycles. The predicted molar refractivity (Wildman–Crippen MR) is 122 cm³/mol. The van der Waals surface area contributed by atoms with Gasteiger partial charge in [-0.3, -0.25) is 0 Å². The maximum absolute atomic E-state index is 12.7. The number of anilines is 4. The summed E-state index contributed by atoms with van der Waals surface area (Å²) < 4.78 is 53.7. The molecule has 0 radical (unpaired) electrons. The van der Waals surface area contributed by atoms with Crippen molar-refractivity contribution in [2.75, 3.05) is 30.5 Å². The summed E-state index contributed by atoms with van der Waals surface area (Å²) in [6, 6.07) is 13.2. The van der Waals surface area contributed by atoms with Gasteiger partial charge in [0.1, 0.15) is 24.7 Å². The molecule has 11 heteroatoms. The molecule has 8 nitrogen and oxygen atoms in total. The first-order chi connectivity index (χ1) is 16.3. The van der Waals surface area contributed by atoms with Crippen molar-refractivity contribution in [2.45, 2.75) is 6.18 Å². The molecule has 3 aromatic rings. The first kappa shape index (κ1) is 24.4. The van der Waals surface area contributed by atoms with E-state index in [0.717, 1.165) is 0 Å². The first-order valence-corrected chi connectivity index (χ1v) is 10.0. The summed E-state index contributed by atoms with van der Waals surface area (Å²) in [5.74, 6) is 1.05. The normalized spacial score (nSPS) is 10.8. The fourth-order valence-electron chi connectivity index (χ4n) is 2.58. The molecule has 0 saturated heterocycles. The minimum atomic E-state index is -4.55. The first-order valence-electron chi connectivity index (χ1n) is 10.0. The van der Waals surface area contributed by atoms with Crippen LogP contribution in [0.5, 0.6) is 17.5 Å². The maximum atomic E-state index is 12.7. The minimum absolute atomic E-state index is 0.0328.